The summed E-state index contributed by atoms with van der Waals surface area (Å²) in [6.45, 7) is 0.240. The van der Waals surface area contributed by atoms with Gasteiger partial charge in [0.05, 0.1) is 28.2 Å². The van der Waals surface area contributed by atoms with Crippen LogP contribution in [-0.2, 0) is 16.1 Å². The summed E-state index contributed by atoms with van der Waals surface area (Å²) in [6, 6.07) is 10.4. The summed E-state index contributed by atoms with van der Waals surface area (Å²) >= 11 is 0.981. The zero-order chi connectivity index (χ0) is 20.7. The second-order valence-corrected chi connectivity index (χ2v) is 6.57. The molecule has 0 saturated carbocycles. The van der Waals surface area contributed by atoms with Crippen LogP contribution in [0.1, 0.15) is 26.3 Å². The van der Waals surface area contributed by atoms with Crippen molar-refractivity contribution >= 4 is 35.2 Å². The number of nitrogens with two attached hydrogens (primary N) is 1. The Bertz CT molecular complexity index is 914. The standard InChI is InChI=1S/C18H17N3O6S/c1-27-18(24)12-4-2-11(3-5-12)9-20-16(22)10-28-15-7-6-13(17(19)23)8-14(15)21(25)26/h2-8H,9-10H2,1H3,(H2,19,23)(H,20,22). The maximum absolute atomic E-state index is 12.0. The minimum absolute atomic E-state index is 0.0240. The molecule has 9 nitrogen and oxygen atoms in total. The van der Waals surface area contributed by atoms with E-state index in [-0.39, 0.29) is 34.4 Å². The highest BCUT2D eigenvalue weighted by Gasteiger charge is 2.18. The molecule has 28 heavy (non-hydrogen) atoms. The van der Waals surface area contributed by atoms with Gasteiger partial charge in [-0.2, -0.15) is 0 Å². The van der Waals surface area contributed by atoms with Crippen LogP contribution >= 0.6 is 11.8 Å². The molecule has 0 aliphatic heterocycles. The number of nitrogens with one attached hydrogen (secondary N) is 1. The Kier molecular flexibility index (Phi) is 7.10. The number of carbonyl (C=O) groups excluding carboxylic acids is 3. The first-order valence-electron chi connectivity index (χ1n) is 7.97. The average Bonchev–Trinajstić information content (AvgIpc) is 2.70. The minimum Gasteiger partial charge on any atom is -0.465 e. The average molecular weight is 403 g/mol. The summed E-state index contributed by atoms with van der Waals surface area (Å²) in [6.07, 6.45) is 0. The van der Waals surface area contributed by atoms with Crippen LogP contribution in [0.15, 0.2) is 47.4 Å². The third kappa shape index (κ3) is 5.55. The lowest BCUT2D eigenvalue weighted by Gasteiger charge is -2.07. The summed E-state index contributed by atoms with van der Waals surface area (Å²) in [5, 5.41) is 13.8. The second kappa shape index (κ2) is 9.51. The van der Waals surface area contributed by atoms with Gasteiger partial charge < -0.3 is 15.8 Å². The molecule has 2 rings (SSSR count). The number of nitrogens with zero attached hydrogens (tertiary/aromatic N) is 1. The monoisotopic (exact) mass is 403 g/mol. The van der Waals surface area contributed by atoms with Gasteiger partial charge in [-0.15, -0.1) is 11.8 Å². The van der Waals surface area contributed by atoms with E-state index in [9.17, 15) is 24.5 Å². The van der Waals surface area contributed by atoms with E-state index >= 15 is 0 Å². The van der Waals surface area contributed by atoms with Crippen molar-refractivity contribution in [3.05, 3.63) is 69.3 Å². The SMILES string of the molecule is COC(=O)c1ccc(CNC(=O)CSc2ccc(C(N)=O)cc2[N+](=O)[O-])cc1. The maximum Gasteiger partial charge on any atom is 0.337 e. The molecule has 0 atom stereocenters. The quantitative estimate of drug-likeness (QED) is 0.297. The zero-order valence-electron chi connectivity index (χ0n) is 14.8. The molecule has 146 valence electrons. The number of hydrogen-bond acceptors (Lipinski definition) is 7. The molecule has 0 fully saturated rings. The number of esters is 1. The van der Waals surface area contributed by atoms with Gasteiger partial charge in [0.1, 0.15) is 0 Å². The molecule has 2 aromatic carbocycles. The van der Waals surface area contributed by atoms with E-state index in [1.807, 2.05) is 0 Å². The Morgan fingerprint density at radius 1 is 1.14 bits per heavy atom. The second-order valence-electron chi connectivity index (χ2n) is 5.56. The normalized spacial score (nSPS) is 10.2. The first-order valence-corrected chi connectivity index (χ1v) is 8.95. The number of amides is 2. The van der Waals surface area contributed by atoms with Gasteiger partial charge >= 0.3 is 5.97 Å². The molecule has 10 heteroatoms. The van der Waals surface area contributed by atoms with E-state index in [0.717, 1.165) is 23.4 Å². The van der Waals surface area contributed by atoms with Crippen LogP contribution in [-0.4, -0.2) is 35.6 Å². The van der Waals surface area contributed by atoms with Gasteiger partial charge in [-0.1, -0.05) is 12.1 Å². The Morgan fingerprint density at radius 3 is 2.36 bits per heavy atom. The molecule has 2 aromatic rings. The molecule has 0 bridgehead atoms. The number of thioether (sulfide) groups is 1. The van der Waals surface area contributed by atoms with E-state index in [1.54, 1.807) is 24.3 Å². The number of hydrogen-bond donors (Lipinski definition) is 2. The zero-order valence-corrected chi connectivity index (χ0v) is 15.7. The van der Waals surface area contributed by atoms with Crippen molar-refractivity contribution in [1.82, 2.24) is 5.32 Å². The van der Waals surface area contributed by atoms with E-state index in [2.05, 4.69) is 10.1 Å². The van der Waals surface area contributed by atoms with Crippen LogP contribution in [0.4, 0.5) is 5.69 Å². The predicted octanol–water partition coefficient (Wildman–Crippen LogP) is 1.89. The number of benzene rings is 2. The number of methoxy groups -OCH3 is 1. The smallest absolute Gasteiger partial charge is 0.337 e. The molecule has 0 heterocycles. The summed E-state index contributed by atoms with van der Waals surface area (Å²) in [7, 11) is 1.29. The number of rotatable bonds is 8. The number of primary amides is 1. The molecular formula is C18H17N3O6S. The summed E-state index contributed by atoms with van der Waals surface area (Å²) in [5.74, 6) is -1.58. The van der Waals surface area contributed by atoms with Crippen molar-refractivity contribution < 1.29 is 24.0 Å². The fraction of sp³-hybridized carbons (Fsp3) is 0.167. The predicted molar refractivity (Wildman–Crippen MR) is 102 cm³/mol. The van der Waals surface area contributed by atoms with Crippen LogP contribution in [0.5, 0.6) is 0 Å². The van der Waals surface area contributed by atoms with Crippen LogP contribution in [0.3, 0.4) is 0 Å². The van der Waals surface area contributed by atoms with Crippen molar-refractivity contribution in [3.63, 3.8) is 0 Å². The van der Waals surface area contributed by atoms with Crippen molar-refractivity contribution in [2.24, 2.45) is 5.73 Å². The number of ether oxygens (including phenoxy) is 1. The Hall–Kier alpha value is -3.40. The highest BCUT2D eigenvalue weighted by atomic mass is 32.2. The summed E-state index contributed by atoms with van der Waals surface area (Å²) in [4.78, 5) is 45.3. The van der Waals surface area contributed by atoms with Crippen LogP contribution < -0.4 is 11.1 Å². The first kappa shape index (κ1) is 20.9. The number of nitro benzene ring substituents is 1. The highest BCUT2D eigenvalue weighted by molar-refractivity contribution is 8.00. The molecule has 0 saturated heterocycles. The van der Waals surface area contributed by atoms with Crippen molar-refractivity contribution in [1.29, 1.82) is 0 Å². The third-order valence-corrected chi connectivity index (χ3v) is 4.73. The fourth-order valence-electron chi connectivity index (χ4n) is 2.21. The van der Waals surface area contributed by atoms with Crippen molar-refractivity contribution in [3.8, 4) is 0 Å². The minimum atomic E-state index is -0.768. The van der Waals surface area contributed by atoms with Gasteiger partial charge in [-0.05, 0) is 29.8 Å². The number of carbonyl (C=O) groups is 3. The summed E-state index contributed by atoms with van der Waals surface area (Å²) < 4.78 is 4.61. The maximum atomic E-state index is 12.0. The highest BCUT2D eigenvalue weighted by Crippen LogP contribution is 2.29. The largest absolute Gasteiger partial charge is 0.465 e. The topological polar surface area (TPSA) is 142 Å². The lowest BCUT2D eigenvalue weighted by molar-refractivity contribution is -0.387. The summed E-state index contributed by atoms with van der Waals surface area (Å²) in [5.41, 5.74) is 6.05. The lowest BCUT2D eigenvalue weighted by atomic mass is 10.1. The van der Waals surface area contributed by atoms with Gasteiger partial charge in [0.2, 0.25) is 11.8 Å². The van der Waals surface area contributed by atoms with Crippen LogP contribution in [0, 0.1) is 10.1 Å². The molecule has 0 aromatic heterocycles. The van der Waals surface area contributed by atoms with Gasteiger partial charge in [0, 0.05) is 18.2 Å². The molecular weight excluding hydrogens is 386 g/mol. The first-order chi connectivity index (χ1) is 13.3. The van der Waals surface area contributed by atoms with E-state index in [0.29, 0.717) is 5.56 Å². The molecule has 2 amide bonds. The van der Waals surface area contributed by atoms with Crippen LogP contribution in [0.25, 0.3) is 0 Å². The Labute approximate surface area is 164 Å². The lowest BCUT2D eigenvalue weighted by Crippen LogP contribution is -2.24. The van der Waals surface area contributed by atoms with Crippen LogP contribution in [0.2, 0.25) is 0 Å². The molecule has 3 N–H and O–H groups in total. The molecule has 0 aliphatic rings. The number of nitro groups is 1. The Morgan fingerprint density at radius 2 is 1.79 bits per heavy atom. The molecule has 0 aliphatic carbocycles. The molecule has 0 spiro atoms. The van der Waals surface area contributed by atoms with E-state index in [1.165, 1.54) is 19.2 Å². The van der Waals surface area contributed by atoms with Crippen molar-refractivity contribution in [2.75, 3.05) is 12.9 Å². The van der Waals surface area contributed by atoms with Gasteiger partial charge in [-0.3, -0.25) is 19.7 Å². The molecule has 0 radical (unpaired) electrons. The Balaban J connectivity index is 1.93. The van der Waals surface area contributed by atoms with Gasteiger partial charge in [0.15, 0.2) is 0 Å². The van der Waals surface area contributed by atoms with Crippen molar-refractivity contribution in [2.45, 2.75) is 11.4 Å². The third-order valence-electron chi connectivity index (χ3n) is 3.66. The van der Waals surface area contributed by atoms with Gasteiger partial charge in [0.25, 0.3) is 5.69 Å². The van der Waals surface area contributed by atoms with E-state index in [4.69, 9.17) is 5.73 Å². The van der Waals surface area contributed by atoms with Gasteiger partial charge in [-0.25, -0.2) is 4.79 Å². The fourth-order valence-corrected chi connectivity index (χ4v) is 3.04. The molecule has 0 unspecified atom stereocenters. The van der Waals surface area contributed by atoms with E-state index < -0.39 is 16.8 Å².